The average Bonchev–Trinajstić information content (AvgIpc) is 2.79. The van der Waals surface area contributed by atoms with Crippen LogP contribution in [0.3, 0.4) is 0 Å². The molecule has 3 heteroatoms. The number of hydrogen-bond acceptors (Lipinski definition) is 2. The fraction of sp³-hybridized carbons (Fsp3) is 0.538. The van der Waals surface area contributed by atoms with Gasteiger partial charge in [0.1, 0.15) is 0 Å². The third-order valence-corrected chi connectivity index (χ3v) is 1.55. The van der Waals surface area contributed by atoms with Crippen molar-refractivity contribution in [2.75, 3.05) is 0 Å². The van der Waals surface area contributed by atoms with Crippen molar-refractivity contribution in [3.63, 3.8) is 0 Å². The van der Waals surface area contributed by atoms with Crippen LogP contribution in [-0.4, -0.2) is 15.2 Å². The highest BCUT2D eigenvalue weighted by molar-refractivity contribution is 5.79. The van der Waals surface area contributed by atoms with Crippen molar-refractivity contribution < 1.29 is 0 Å². The van der Waals surface area contributed by atoms with Crippen molar-refractivity contribution in [2.45, 2.75) is 48.5 Å². The van der Waals surface area contributed by atoms with Gasteiger partial charge >= 0.3 is 0 Å². The van der Waals surface area contributed by atoms with Crippen LogP contribution in [0.4, 0.5) is 0 Å². The summed E-state index contributed by atoms with van der Waals surface area (Å²) in [5.41, 5.74) is 2.05. The third kappa shape index (κ3) is 4.91. The first-order valence-corrected chi connectivity index (χ1v) is 6.12. The maximum atomic E-state index is 4.05. The first kappa shape index (κ1) is 17.0. The van der Waals surface area contributed by atoms with Crippen LogP contribution in [0.15, 0.2) is 18.5 Å². The van der Waals surface area contributed by atoms with Crippen LogP contribution >= 0.6 is 0 Å². The number of aryl methyl sites for hydroxylation is 1. The molecular formula is C13H25N3. The summed E-state index contributed by atoms with van der Waals surface area (Å²) in [6.07, 6.45) is 3.55. The molecule has 0 spiro atoms. The first-order valence-electron chi connectivity index (χ1n) is 6.12. The van der Waals surface area contributed by atoms with Crippen molar-refractivity contribution in [3.8, 4) is 0 Å². The van der Waals surface area contributed by atoms with Crippen LogP contribution in [-0.2, 0) is 0 Å². The largest absolute Gasteiger partial charge is 0.282 e. The number of aromatic amines is 1. The second-order valence-electron chi connectivity index (χ2n) is 2.24. The van der Waals surface area contributed by atoms with E-state index in [1.807, 2.05) is 60.7 Å². The average molecular weight is 223 g/mol. The summed E-state index contributed by atoms with van der Waals surface area (Å²) in [6, 6.07) is 1.89. The minimum absolute atomic E-state index is 0.979. The number of rotatable bonds is 0. The zero-order valence-corrected chi connectivity index (χ0v) is 11.6. The van der Waals surface area contributed by atoms with E-state index in [0.29, 0.717) is 0 Å². The molecular weight excluding hydrogens is 198 g/mol. The molecule has 92 valence electrons. The van der Waals surface area contributed by atoms with Crippen LogP contribution in [0.25, 0.3) is 10.9 Å². The zero-order valence-electron chi connectivity index (χ0n) is 11.6. The Labute approximate surface area is 99.3 Å². The Balaban J connectivity index is 0. The topological polar surface area (TPSA) is 41.6 Å². The van der Waals surface area contributed by atoms with Gasteiger partial charge in [0, 0.05) is 23.5 Å². The fourth-order valence-corrected chi connectivity index (χ4v) is 0.978. The molecule has 3 nitrogen and oxygen atoms in total. The summed E-state index contributed by atoms with van der Waals surface area (Å²) < 4.78 is 0. The monoisotopic (exact) mass is 223 g/mol. The smallest absolute Gasteiger partial charge is 0.0954 e. The summed E-state index contributed by atoms with van der Waals surface area (Å²) in [4.78, 5) is 3.99. The highest BCUT2D eigenvalue weighted by Crippen LogP contribution is 2.11. The predicted molar refractivity (Wildman–Crippen MR) is 72.7 cm³/mol. The lowest BCUT2D eigenvalue weighted by Gasteiger charge is -1.83. The van der Waals surface area contributed by atoms with E-state index in [-0.39, 0.29) is 0 Å². The molecule has 2 heterocycles. The molecule has 2 rings (SSSR count). The van der Waals surface area contributed by atoms with Gasteiger partial charge in [-0.3, -0.25) is 10.1 Å². The predicted octanol–water partition coefficient (Wildman–Crippen LogP) is 4.34. The van der Waals surface area contributed by atoms with E-state index in [2.05, 4.69) is 15.2 Å². The van der Waals surface area contributed by atoms with E-state index in [1.54, 1.807) is 6.20 Å². The summed E-state index contributed by atoms with van der Waals surface area (Å²) >= 11 is 0. The Hall–Kier alpha value is -1.38. The summed E-state index contributed by atoms with van der Waals surface area (Å²) in [5.74, 6) is 0. The number of nitrogens with one attached hydrogen (secondary N) is 1. The molecule has 0 saturated heterocycles. The summed E-state index contributed by atoms with van der Waals surface area (Å²) in [6.45, 7) is 14.0. The van der Waals surface area contributed by atoms with Gasteiger partial charge in [-0.1, -0.05) is 41.5 Å². The minimum atomic E-state index is 0.979. The van der Waals surface area contributed by atoms with Gasteiger partial charge in [0.15, 0.2) is 0 Å². The van der Waals surface area contributed by atoms with Crippen molar-refractivity contribution in [1.82, 2.24) is 15.2 Å². The van der Waals surface area contributed by atoms with Crippen molar-refractivity contribution in [2.24, 2.45) is 0 Å². The molecule has 2 aromatic rings. The molecule has 0 aliphatic rings. The maximum Gasteiger partial charge on any atom is 0.0954 e. The van der Waals surface area contributed by atoms with E-state index in [0.717, 1.165) is 16.6 Å². The van der Waals surface area contributed by atoms with Gasteiger partial charge in [-0.2, -0.15) is 5.10 Å². The van der Waals surface area contributed by atoms with Crippen LogP contribution in [0, 0.1) is 6.92 Å². The lowest BCUT2D eigenvalue weighted by molar-refractivity contribution is 1.07. The highest BCUT2D eigenvalue weighted by Gasteiger charge is 1.97. The molecule has 0 aliphatic heterocycles. The molecule has 0 amide bonds. The van der Waals surface area contributed by atoms with E-state index in [9.17, 15) is 0 Å². The molecule has 1 N–H and O–H groups in total. The van der Waals surface area contributed by atoms with E-state index in [1.165, 1.54) is 0 Å². The normalized spacial score (nSPS) is 7.69. The number of aromatic nitrogens is 3. The molecule has 0 bridgehead atoms. The lowest BCUT2D eigenvalue weighted by Crippen LogP contribution is -1.70. The van der Waals surface area contributed by atoms with E-state index < -0.39 is 0 Å². The Bertz CT molecular complexity index is 353. The zero-order chi connectivity index (χ0) is 13.0. The first-order chi connectivity index (χ1) is 7.88. The molecule has 0 fully saturated rings. The summed E-state index contributed by atoms with van der Waals surface area (Å²) in [7, 11) is 0. The Morgan fingerprint density at radius 2 is 1.56 bits per heavy atom. The van der Waals surface area contributed by atoms with Crippen molar-refractivity contribution >= 4 is 10.9 Å². The highest BCUT2D eigenvalue weighted by atomic mass is 15.1. The quantitative estimate of drug-likeness (QED) is 0.721. The van der Waals surface area contributed by atoms with Gasteiger partial charge in [0.2, 0.25) is 0 Å². The van der Waals surface area contributed by atoms with Crippen molar-refractivity contribution in [1.29, 1.82) is 0 Å². The molecule has 0 radical (unpaired) electrons. The molecule has 16 heavy (non-hydrogen) atoms. The lowest BCUT2D eigenvalue weighted by atomic mass is 10.3. The molecule has 0 atom stereocenters. The summed E-state index contributed by atoms with van der Waals surface area (Å²) in [5, 5.41) is 8.04. The van der Waals surface area contributed by atoms with E-state index in [4.69, 9.17) is 0 Å². The van der Waals surface area contributed by atoms with Gasteiger partial charge < -0.3 is 0 Å². The molecule has 0 aromatic carbocycles. The van der Waals surface area contributed by atoms with Gasteiger partial charge in [-0.05, 0) is 13.0 Å². The van der Waals surface area contributed by atoms with Gasteiger partial charge in [0.25, 0.3) is 0 Å². The standard InChI is InChI=1S/C7H7N3.3C2H6/c1-5-6-4-8-3-2-7(6)10-9-5;3*1-2/h2-4H,1H3,(H,9,10);3*1-2H3. The third-order valence-electron chi connectivity index (χ3n) is 1.55. The number of nitrogens with zero attached hydrogens (tertiary/aromatic N) is 2. The van der Waals surface area contributed by atoms with Crippen LogP contribution < -0.4 is 0 Å². The van der Waals surface area contributed by atoms with Gasteiger partial charge in [-0.15, -0.1) is 0 Å². The number of hydrogen-bond donors (Lipinski definition) is 1. The second kappa shape index (κ2) is 11.7. The molecule has 0 saturated carbocycles. The fourth-order valence-electron chi connectivity index (χ4n) is 0.978. The van der Waals surface area contributed by atoms with Crippen LogP contribution in [0.5, 0.6) is 0 Å². The maximum absolute atomic E-state index is 4.05. The molecule has 0 unspecified atom stereocenters. The number of H-pyrrole nitrogens is 1. The minimum Gasteiger partial charge on any atom is -0.282 e. The van der Waals surface area contributed by atoms with Crippen LogP contribution in [0.2, 0.25) is 0 Å². The van der Waals surface area contributed by atoms with Crippen molar-refractivity contribution in [3.05, 3.63) is 24.2 Å². The SMILES string of the molecule is CC.CC.CC.Cc1[nH]nc2ccncc12. The molecule has 2 aromatic heterocycles. The van der Waals surface area contributed by atoms with Gasteiger partial charge in [0.05, 0.1) is 5.52 Å². The van der Waals surface area contributed by atoms with E-state index >= 15 is 0 Å². The second-order valence-corrected chi connectivity index (χ2v) is 2.24. The van der Waals surface area contributed by atoms with Gasteiger partial charge in [-0.25, -0.2) is 0 Å². The number of pyridine rings is 1. The Kier molecular flexibility index (Phi) is 12.4. The Morgan fingerprint density at radius 1 is 1.00 bits per heavy atom. The number of fused-ring (bicyclic) bond motifs is 1. The van der Waals surface area contributed by atoms with Crippen LogP contribution in [0.1, 0.15) is 47.2 Å². The Morgan fingerprint density at radius 3 is 2.06 bits per heavy atom. The molecule has 0 aliphatic carbocycles.